The summed E-state index contributed by atoms with van der Waals surface area (Å²) >= 11 is 0. The van der Waals surface area contributed by atoms with Gasteiger partial charge < -0.3 is 29.9 Å². The van der Waals surface area contributed by atoms with Crippen molar-refractivity contribution in [3.05, 3.63) is 29.1 Å². The van der Waals surface area contributed by atoms with Gasteiger partial charge in [0.05, 0.1) is 36.5 Å². The van der Waals surface area contributed by atoms with Crippen LogP contribution in [0, 0.1) is 11.3 Å². The lowest BCUT2D eigenvalue weighted by Gasteiger charge is -2.40. The summed E-state index contributed by atoms with van der Waals surface area (Å²) in [5.41, 5.74) is -0.121. The molecule has 1 saturated carbocycles. The Kier molecular flexibility index (Phi) is 11.1. The van der Waals surface area contributed by atoms with Crippen molar-refractivity contribution in [3.63, 3.8) is 0 Å². The maximum absolute atomic E-state index is 13.8. The van der Waals surface area contributed by atoms with Crippen molar-refractivity contribution in [1.29, 1.82) is 0 Å². The number of carboxylic acids is 2. The molecule has 2 fully saturated rings. The Bertz CT molecular complexity index is 1070. The van der Waals surface area contributed by atoms with Crippen molar-refractivity contribution < 1.29 is 47.2 Å². The van der Waals surface area contributed by atoms with E-state index in [1.807, 2.05) is 0 Å². The Balaban J connectivity index is 0.000000507. The van der Waals surface area contributed by atoms with E-state index in [0.717, 1.165) is 37.9 Å². The number of amides is 1. The lowest BCUT2D eigenvalue weighted by Crippen LogP contribution is -2.52. The van der Waals surface area contributed by atoms with E-state index in [-0.39, 0.29) is 49.4 Å². The number of hydrogen-bond acceptors (Lipinski definition) is 7. The van der Waals surface area contributed by atoms with Gasteiger partial charge in [0.2, 0.25) is 5.91 Å². The number of methoxy groups -OCH3 is 1. The number of carbonyl (C=O) groups is 3. The molecule has 1 amide bonds. The summed E-state index contributed by atoms with van der Waals surface area (Å²) in [6.45, 7) is 6.09. The molecule has 0 spiro atoms. The van der Waals surface area contributed by atoms with Crippen molar-refractivity contribution >= 4 is 17.8 Å². The molecule has 3 heterocycles. The number of hydrogen-bond donors (Lipinski definition) is 3. The van der Waals surface area contributed by atoms with Gasteiger partial charge in [0.15, 0.2) is 0 Å². The minimum absolute atomic E-state index is 0.00238. The van der Waals surface area contributed by atoms with Crippen LogP contribution in [-0.2, 0) is 43.0 Å². The van der Waals surface area contributed by atoms with Crippen LogP contribution in [0.3, 0.4) is 0 Å². The molecular weight excluding hydrogens is 547 g/mol. The summed E-state index contributed by atoms with van der Waals surface area (Å²) in [7, 11) is 1.69. The van der Waals surface area contributed by atoms with Gasteiger partial charge in [-0.15, -0.1) is 0 Å². The molecule has 41 heavy (non-hydrogen) atoms. The van der Waals surface area contributed by atoms with E-state index in [1.54, 1.807) is 12.0 Å². The van der Waals surface area contributed by atoms with Crippen molar-refractivity contribution in [2.75, 3.05) is 26.9 Å². The summed E-state index contributed by atoms with van der Waals surface area (Å²) in [6.07, 6.45) is -0.412. The number of halogens is 3. The number of nitrogens with zero attached hydrogens (tertiary/aromatic N) is 2. The Morgan fingerprint density at radius 2 is 1.90 bits per heavy atom. The second-order valence-corrected chi connectivity index (χ2v) is 11.3. The van der Waals surface area contributed by atoms with Gasteiger partial charge in [-0.3, -0.25) is 19.4 Å². The van der Waals surface area contributed by atoms with Crippen molar-refractivity contribution in [2.45, 2.75) is 89.7 Å². The molecule has 4 rings (SSSR count). The highest BCUT2D eigenvalue weighted by molar-refractivity contribution is 5.84. The number of nitrogens with one attached hydrogen (secondary N) is 1. The number of rotatable bonds is 8. The van der Waals surface area contributed by atoms with Gasteiger partial charge in [0, 0.05) is 57.2 Å². The number of carboxylic acid groups (broad SMARTS) is 2. The van der Waals surface area contributed by atoms with E-state index >= 15 is 0 Å². The van der Waals surface area contributed by atoms with Gasteiger partial charge >= 0.3 is 18.1 Å². The molecule has 230 valence electrons. The molecule has 13 heteroatoms. The smallest absolute Gasteiger partial charge is 0.417 e. The summed E-state index contributed by atoms with van der Waals surface area (Å²) < 4.78 is 50.6. The average Bonchev–Trinajstić information content (AvgIpc) is 3.36. The zero-order valence-corrected chi connectivity index (χ0v) is 23.7. The van der Waals surface area contributed by atoms with Crippen molar-refractivity contribution in [3.8, 4) is 0 Å². The Labute approximate surface area is 237 Å². The molecule has 0 unspecified atom stereocenters. The van der Waals surface area contributed by atoms with Gasteiger partial charge in [0.1, 0.15) is 0 Å². The molecule has 1 aliphatic carbocycles. The molecule has 3 aliphatic rings. The summed E-state index contributed by atoms with van der Waals surface area (Å²) in [5.74, 6) is -1.97. The predicted octanol–water partition coefficient (Wildman–Crippen LogP) is 3.51. The van der Waals surface area contributed by atoms with E-state index in [1.165, 1.54) is 0 Å². The van der Waals surface area contributed by atoms with Crippen LogP contribution in [-0.4, -0.2) is 83.0 Å². The lowest BCUT2D eigenvalue weighted by atomic mass is 9.74. The molecule has 3 N–H and O–H groups in total. The first-order valence-corrected chi connectivity index (χ1v) is 13.9. The molecule has 10 nitrogen and oxygen atoms in total. The Morgan fingerprint density at radius 1 is 1.22 bits per heavy atom. The number of aliphatic carboxylic acids is 2. The SMILES string of the molecule is CO[C@@H]1COCC[C@H]1N[C@@H]1CC[C@@](C(=O)N2CCc3ncc(C(F)(F)F)cc3C2)(C(C)C)C1.O=C(O)CCC(=O)O. The fraction of sp³-hybridized carbons (Fsp3) is 0.714. The first-order chi connectivity index (χ1) is 19.3. The summed E-state index contributed by atoms with van der Waals surface area (Å²) in [4.78, 5) is 38.9. The number of ether oxygens (including phenoxy) is 2. The number of aromatic nitrogens is 1. The van der Waals surface area contributed by atoms with Crippen LogP contribution in [0.2, 0.25) is 0 Å². The second-order valence-electron chi connectivity index (χ2n) is 11.3. The number of alkyl halides is 3. The van der Waals surface area contributed by atoms with Gasteiger partial charge in [-0.2, -0.15) is 13.2 Å². The van der Waals surface area contributed by atoms with Crippen molar-refractivity contribution in [2.24, 2.45) is 11.3 Å². The van der Waals surface area contributed by atoms with E-state index in [4.69, 9.17) is 19.7 Å². The Hall–Kier alpha value is -2.77. The van der Waals surface area contributed by atoms with Crippen molar-refractivity contribution in [1.82, 2.24) is 15.2 Å². The lowest BCUT2D eigenvalue weighted by molar-refractivity contribution is -0.146. The molecule has 1 aromatic rings. The minimum atomic E-state index is -4.44. The topological polar surface area (TPSA) is 138 Å². The molecule has 1 aromatic heterocycles. The Morgan fingerprint density at radius 3 is 2.49 bits per heavy atom. The normalized spacial score (nSPS) is 26.2. The van der Waals surface area contributed by atoms with E-state index in [2.05, 4.69) is 24.1 Å². The molecule has 0 aromatic carbocycles. The summed E-state index contributed by atoms with van der Waals surface area (Å²) in [6, 6.07) is 1.55. The third-order valence-electron chi connectivity index (χ3n) is 8.34. The predicted molar refractivity (Wildman–Crippen MR) is 141 cm³/mol. The van der Waals surface area contributed by atoms with E-state index in [0.29, 0.717) is 37.4 Å². The first-order valence-electron chi connectivity index (χ1n) is 13.9. The third-order valence-corrected chi connectivity index (χ3v) is 8.34. The average molecular weight is 588 g/mol. The minimum Gasteiger partial charge on any atom is -0.481 e. The highest BCUT2D eigenvalue weighted by atomic mass is 19.4. The fourth-order valence-corrected chi connectivity index (χ4v) is 5.90. The van der Waals surface area contributed by atoms with Crippen LogP contribution in [0.4, 0.5) is 13.2 Å². The van der Waals surface area contributed by atoms with Crippen LogP contribution in [0.5, 0.6) is 0 Å². The first kappa shape index (κ1) is 32.7. The van der Waals surface area contributed by atoms with E-state index < -0.39 is 29.1 Å². The van der Waals surface area contributed by atoms with Crippen LogP contribution in [0.15, 0.2) is 12.3 Å². The number of carbonyl (C=O) groups excluding carboxylic acids is 1. The maximum Gasteiger partial charge on any atom is 0.417 e. The second kappa shape index (κ2) is 13.9. The van der Waals surface area contributed by atoms with Gasteiger partial charge in [-0.05, 0) is 43.2 Å². The monoisotopic (exact) mass is 587 g/mol. The highest BCUT2D eigenvalue weighted by Gasteiger charge is 2.50. The standard InChI is InChI=1S/C24H34F3N3O3.C4H6O4/c1-15(2)23(7-4-18(11-23)29-20-6-9-33-14-21(20)32-3)22(31)30-8-5-19-16(13-30)10-17(12-28-19)24(25,26)27;5-3(6)1-2-4(7)8/h10,12,15,18,20-21,29H,4-9,11,13-14H2,1-3H3;1-2H2,(H,5,6)(H,7,8)/t18-,20-,21-,23+;/m1./s1. The molecule has 4 atom stereocenters. The molecule has 2 aliphatic heterocycles. The summed E-state index contributed by atoms with van der Waals surface area (Å²) in [5, 5.41) is 19.5. The van der Waals surface area contributed by atoms with Crippen LogP contribution in [0.1, 0.15) is 69.2 Å². The molecule has 0 bridgehead atoms. The largest absolute Gasteiger partial charge is 0.481 e. The van der Waals surface area contributed by atoms with Gasteiger partial charge in [-0.25, -0.2) is 0 Å². The van der Waals surface area contributed by atoms with E-state index in [9.17, 15) is 27.6 Å². The zero-order chi connectivity index (χ0) is 30.4. The number of pyridine rings is 1. The maximum atomic E-state index is 13.8. The van der Waals surface area contributed by atoms with Crippen LogP contribution < -0.4 is 5.32 Å². The van der Waals surface area contributed by atoms with Crippen LogP contribution in [0.25, 0.3) is 0 Å². The van der Waals surface area contributed by atoms with Gasteiger partial charge in [0.25, 0.3) is 0 Å². The molecule has 0 radical (unpaired) electrons. The van der Waals surface area contributed by atoms with Crippen LogP contribution >= 0.6 is 0 Å². The quantitative estimate of drug-likeness (QED) is 0.417. The highest BCUT2D eigenvalue weighted by Crippen LogP contribution is 2.47. The van der Waals surface area contributed by atoms with Gasteiger partial charge in [-0.1, -0.05) is 13.8 Å². The molecular formula is C28H40F3N3O7. The third kappa shape index (κ3) is 8.39. The zero-order valence-electron chi connectivity index (χ0n) is 23.7. The number of fused-ring (bicyclic) bond motifs is 1. The fourth-order valence-electron chi connectivity index (χ4n) is 5.90. The molecule has 1 saturated heterocycles.